The second-order valence-corrected chi connectivity index (χ2v) is 20.9. The number of ketones is 1. The summed E-state index contributed by atoms with van der Waals surface area (Å²) < 4.78 is 19.9. The number of nitrogens with one attached hydrogen (secondary N) is 1. The number of fused-ring (bicyclic) bond motifs is 7. The van der Waals surface area contributed by atoms with Crippen LogP contribution in [0.3, 0.4) is 0 Å². The molecular weight excluding hydrogens is 682 g/mol. The lowest BCUT2D eigenvalue weighted by Crippen LogP contribution is -2.66. The summed E-state index contributed by atoms with van der Waals surface area (Å²) >= 11 is 0. The Hall–Kier alpha value is -3.03. The van der Waals surface area contributed by atoms with Gasteiger partial charge in [0.1, 0.15) is 11.9 Å². The number of amides is 1. The highest BCUT2D eigenvalue weighted by atomic mass is 19.1. The topological polar surface area (TPSA) is 110 Å². The third kappa shape index (κ3) is 6.10. The lowest BCUT2D eigenvalue weighted by atomic mass is 9.33. The van der Waals surface area contributed by atoms with E-state index in [4.69, 9.17) is 4.74 Å². The fourth-order valence-electron chi connectivity index (χ4n) is 13.3. The molecule has 1 aromatic rings. The van der Waals surface area contributed by atoms with Gasteiger partial charge in [-0.15, -0.1) is 0 Å². The molecule has 298 valence electrons. The number of carbonyl (C=O) groups excluding carboxylic acids is 3. The van der Waals surface area contributed by atoms with Gasteiger partial charge in [-0.05, 0) is 150 Å². The lowest BCUT2D eigenvalue weighted by Gasteiger charge is -2.72. The fraction of sp³-hybridized carbons (Fsp3) is 0.739. The summed E-state index contributed by atoms with van der Waals surface area (Å²) in [4.78, 5) is 53.7. The van der Waals surface area contributed by atoms with Gasteiger partial charge in [-0.3, -0.25) is 19.2 Å². The molecule has 0 aliphatic heterocycles. The Morgan fingerprint density at radius 2 is 1.50 bits per heavy atom. The Labute approximate surface area is 323 Å². The van der Waals surface area contributed by atoms with Crippen molar-refractivity contribution in [2.75, 3.05) is 0 Å². The number of carboxylic acid groups (broad SMARTS) is 1. The third-order valence-corrected chi connectivity index (χ3v) is 16.7. The van der Waals surface area contributed by atoms with Gasteiger partial charge < -0.3 is 15.2 Å². The lowest BCUT2D eigenvalue weighted by molar-refractivity contribution is -0.233. The molecular formula is C46H66FNO6. The fourth-order valence-corrected chi connectivity index (χ4v) is 13.3. The summed E-state index contributed by atoms with van der Waals surface area (Å²) in [6, 6.07) is 6.10. The van der Waals surface area contributed by atoms with Gasteiger partial charge in [-0.2, -0.15) is 0 Å². The van der Waals surface area contributed by atoms with Gasteiger partial charge in [0.25, 0.3) is 5.91 Å². The first kappa shape index (κ1) is 40.6. The number of aliphatic carboxylic acids is 1. The molecule has 0 spiro atoms. The zero-order valence-corrected chi connectivity index (χ0v) is 34.8. The average molecular weight is 748 g/mol. The number of carboxylic acids is 1. The molecule has 0 saturated heterocycles. The summed E-state index contributed by atoms with van der Waals surface area (Å²) in [5.74, 6) is -1.33. The number of rotatable bonds is 9. The van der Waals surface area contributed by atoms with E-state index in [2.05, 4.69) is 53.8 Å². The number of esters is 1. The van der Waals surface area contributed by atoms with Crippen molar-refractivity contribution in [3.8, 4) is 0 Å². The molecule has 1 amide bonds. The number of benzene rings is 1. The minimum Gasteiger partial charge on any atom is -0.481 e. The minimum atomic E-state index is -1.18. The van der Waals surface area contributed by atoms with Crippen molar-refractivity contribution >= 4 is 23.6 Å². The van der Waals surface area contributed by atoms with Gasteiger partial charge in [0.05, 0.1) is 22.8 Å². The zero-order chi connectivity index (χ0) is 40.0. The van der Waals surface area contributed by atoms with Gasteiger partial charge in [-0.25, -0.2) is 4.39 Å². The molecule has 0 heterocycles. The van der Waals surface area contributed by atoms with Gasteiger partial charge in [0.2, 0.25) is 5.78 Å². The van der Waals surface area contributed by atoms with Crippen LogP contribution in [0.2, 0.25) is 0 Å². The van der Waals surface area contributed by atoms with Crippen LogP contribution in [0.4, 0.5) is 4.39 Å². The van der Waals surface area contributed by atoms with E-state index in [0.717, 1.165) is 56.9 Å². The van der Waals surface area contributed by atoms with Crippen LogP contribution in [-0.4, -0.2) is 34.8 Å². The van der Waals surface area contributed by atoms with Gasteiger partial charge >= 0.3 is 11.9 Å². The van der Waals surface area contributed by atoms with Crippen molar-refractivity contribution < 1.29 is 33.4 Å². The standard InChI is InChI=1S/C46H66FNO6/c1-27(2)30-18-23-46(37(50)38(51)48-42(7,8)28-12-14-29(47)15-13-28)25-24-44(10)31(36(30)46)16-17-33-43(9)21-20-34(54-35(49)26-40(3,4)39(52)53)41(5,6)32(43)19-22-45(33,44)11/h12-15,27,31-34H,16-26H2,1-11H3,(H,48,51)(H,52,53)/t31-,32+,33-,34+,43+,44-,45-,46+/m1/s1. The minimum absolute atomic E-state index is 0.0198. The number of carbonyl (C=O) groups is 4. The maximum Gasteiger partial charge on any atom is 0.309 e. The van der Waals surface area contributed by atoms with Crippen LogP contribution in [0.1, 0.15) is 152 Å². The summed E-state index contributed by atoms with van der Waals surface area (Å²) in [6.45, 7) is 23.4. The normalized spacial score (nSPS) is 36.0. The molecule has 54 heavy (non-hydrogen) atoms. The molecule has 0 aromatic heterocycles. The summed E-state index contributed by atoms with van der Waals surface area (Å²) in [5.41, 5.74) is 0.323. The van der Waals surface area contributed by atoms with E-state index >= 15 is 0 Å². The molecule has 5 aliphatic rings. The van der Waals surface area contributed by atoms with Crippen LogP contribution >= 0.6 is 0 Å². The zero-order valence-electron chi connectivity index (χ0n) is 34.8. The second kappa shape index (κ2) is 13.3. The van der Waals surface area contributed by atoms with E-state index in [-0.39, 0.29) is 57.6 Å². The Morgan fingerprint density at radius 1 is 0.852 bits per heavy atom. The molecule has 0 radical (unpaired) electrons. The maximum atomic E-state index is 14.7. The molecule has 0 unspecified atom stereocenters. The first-order chi connectivity index (χ1) is 24.9. The van der Waals surface area contributed by atoms with Gasteiger partial charge in [-0.1, -0.05) is 71.7 Å². The first-order valence-corrected chi connectivity index (χ1v) is 20.7. The van der Waals surface area contributed by atoms with E-state index in [9.17, 15) is 28.7 Å². The number of ether oxygens (including phenoxy) is 1. The molecule has 0 bridgehead atoms. The molecule has 8 atom stereocenters. The predicted molar refractivity (Wildman–Crippen MR) is 208 cm³/mol. The Morgan fingerprint density at radius 3 is 2.11 bits per heavy atom. The summed E-state index contributed by atoms with van der Waals surface area (Å²) in [5, 5.41) is 12.7. The Bertz CT molecular complexity index is 1740. The highest BCUT2D eigenvalue weighted by Gasteiger charge is 2.70. The molecule has 2 N–H and O–H groups in total. The van der Waals surface area contributed by atoms with E-state index in [0.29, 0.717) is 24.7 Å². The Kier molecular flexibility index (Phi) is 10.00. The quantitative estimate of drug-likeness (QED) is 0.148. The molecule has 8 heteroatoms. The van der Waals surface area contributed by atoms with Crippen molar-refractivity contribution in [3.05, 3.63) is 46.8 Å². The molecule has 4 fully saturated rings. The monoisotopic (exact) mass is 747 g/mol. The van der Waals surface area contributed by atoms with Crippen LogP contribution in [0.15, 0.2) is 35.4 Å². The largest absolute Gasteiger partial charge is 0.481 e. The average Bonchev–Trinajstić information content (AvgIpc) is 3.47. The number of hydrogen-bond acceptors (Lipinski definition) is 5. The number of Topliss-reactive ketones (excluding diaryl/α,β-unsaturated/α-hetero) is 1. The van der Waals surface area contributed by atoms with Crippen molar-refractivity contribution in [2.45, 2.75) is 158 Å². The Balaban J connectivity index is 1.27. The van der Waals surface area contributed by atoms with Crippen LogP contribution in [0.5, 0.6) is 0 Å². The summed E-state index contributed by atoms with van der Waals surface area (Å²) in [6.07, 6.45) is 8.52. The molecule has 5 aliphatic carbocycles. The predicted octanol–water partition coefficient (Wildman–Crippen LogP) is 9.96. The van der Waals surface area contributed by atoms with Crippen LogP contribution in [-0.2, 0) is 29.5 Å². The van der Waals surface area contributed by atoms with Crippen molar-refractivity contribution in [1.82, 2.24) is 5.32 Å². The second-order valence-electron chi connectivity index (χ2n) is 20.9. The number of halogens is 1. The van der Waals surface area contributed by atoms with Crippen LogP contribution in [0.25, 0.3) is 0 Å². The van der Waals surface area contributed by atoms with E-state index < -0.39 is 34.2 Å². The first-order valence-electron chi connectivity index (χ1n) is 20.7. The van der Waals surface area contributed by atoms with Crippen LogP contribution in [0, 0.1) is 62.0 Å². The van der Waals surface area contributed by atoms with Crippen molar-refractivity contribution in [2.24, 2.45) is 56.2 Å². The summed E-state index contributed by atoms with van der Waals surface area (Å²) in [7, 11) is 0. The highest BCUT2D eigenvalue weighted by Crippen LogP contribution is 2.77. The molecule has 4 saturated carbocycles. The van der Waals surface area contributed by atoms with Crippen molar-refractivity contribution in [1.29, 1.82) is 0 Å². The van der Waals surface area contributed by atoms with E-state index in [1.165, 1.54) is 23.3 Å². The smallest absolute Gasteiger partial charge is 0.309 e. The number of hydrogen-bond donors (Lipinski definition) is 2. The van der Waals surface area contributed by atoms with E-state index in [1.807, 2.05) is 13.8 Å². The van der Waals surface area contributed by atoms with Crippen LogP contribution < -0.4 is 5.32 Å². The third-order valence-electron chi connectivity index (χ3n) is 16.7. The number of allylic oxidation sites excluding steroid dienone is 2. The van der Waals surface area contributed by atoms with Crippen molar-refractivity contribution in [3.63, 3.8) is 0 Å². The maximum absolute atomic E-state index is 14.7. The molecule has 1 aromatic carbocycles. The SMILES string of the molecule is CC(C)C1=C2[C@H]3CC[C@@H]4[C@@]5(C)CC[C@H](OC(=O)CC(C)(C)C(=O)O)C(C)(C)[C@@H]5CC[C@@]4(C)[C@]3(C)CC[C@@]2(C(=O)C(=O)NC(C)(C)c2ccc(F)cc2)CC1. The van der Waals surface area contributed by atoms with Gasteiger partial charge in [0, 0.05) is 5.41 Å². The van der Waals surface area contributed by atoms with Gasteiger partial charge in [0.15, 0.2) is 0 Å². The highest BCUT2D eigenvalue weighted by molar-refractivity contribution is 6.39. The molecule has 7 nitrogen and oxygen atoms in total. The molecule has 6 rings (SSSR count). The van der Waals surface area contributed by atoms with E-state index in [1.54, 1.807) is 26.0 Å².